The van der Waals surface area contributed by atoms with E-state index in [1.807, 2.05) is 0 Å². The smallest absolute Gasteiger partial charge is 0.250 e. The molecule has 4 rings (SSSR count). The SMILES string of the molecule is COc1ccc(OC)c(NC(=O)[C@H]2C[C@H]([C@H](C)O)N[C@]23C(=O)Nc2ccc(F)cc23)c1. The van der Waals surface area contributed by atoms with E-state index >= 15 is 0 Å². The third-order valence-corrected chi connectivity index (χ3v) is 6.00. The van der Waals surface area contributed by atoms with Crippen LogP contribution in [0.15, 0.2) is 36.4 Å². The maximum Gasteiger partial charge on any atom is 0.250 e. The molecule has 8 nitrogen and oxygen atoms in total. The fraction of sp³-hybridized carbons (Fsp3) is 0.364. The molecule has 9 heteroatoms. The van der Waals surface area contributed by atoms with E-state index in [1.165, 1.54) is 32.4 Å². The van der Waals surface area contributed by atoms with Crippen molar-refractivity contribution in [2.75, 3.05) is 24.9 Å². The molecule has 2 aliphatic heterocycles. The van der Waals surface area contributed by atoms with E-state index in [2.05, 4.69) is 16.0 Å². The minimum absolute atomic E-state index is 0.180. The molecule has 4 atom stereocenters. The Kier molecular flexibility index (Phi) is 5.32. The van der Waals surface area contributed by atoms with Crippen LogP contribution in [0.1, 0.15) is 18.9 Å². The second kappa shape index (κ2) is 7.82. The highest BCUT2D eigenvalue weighted by Crippen LogP contribution is 2.48. The van der Waals surface area contributed by atoms with Crippen LogP contribution in [0.2, 0.25) is 0 Å². The molecule has 164 valence electrons. The lowest BCUT2D eigenvalue weighted by molar-refractivity contribution is -0.130. The van der Waals surface area contributed by atoms with Gasteiger partial charge in [-0.3, -0.25) is 14.9 Å². The molecule has 1 fully saturated rings. The van der Waals surface area contributed by atoms with E-state index < -0.39 is 41.2 Å². The molecule has 4 N–H and O–H groups in total. The number of halogens is 1. The summed E-state index contributed by atoms with van der Waals surface area (Å²) in [5.74, 6) is -1.42. The number of aliphatic hydroxyl groups is 1. The molecule has 2 heterocycles. The van der Waals surface area contributed by atoms with Gasteiger partial charge in [-0.05, 0) is 43.7 Å². The van der Waals surface area contributed by atoms with Gasteiger partial charge in [0, 0.05) is 23.4 Å². The highest BCUT2D eigenvalue weighted by molar-refractivity contribution is 6.10. The van der Waals surface area contributed by atoms with E-state index in [4.69, 9.17) is 9.47 Å². The van der Waals surface area contributed by atoms with Gasteiger partial charge in [-0.2, -0.15) is 0 Å². The number of nitrogens with one attached hydrogen (secondary N) is 3. The van der Waals surface area contributed by atoms with Crippen LogP contribution in [0.5, 0.6) is 11.5 Å². The number of carbonyl (C=O) groups is 2. The number of fused-ring (bicyclic) bond motifs is 2. The fourth-order valence-electron chi connectivity index (χ4n) is 4.42. The van der Waals surface area contributed by atoms with Crippen molar-refractivity contribution in [1.82, 2.24) is 5.32 Å². The zero-order valence-electron chi connectivity index (χ0n) is 17.4. The molecule has 1 saturated heterocycles. The second-order valence-electron chi connectivity index (χ2n) is 7.79. The Balaban J connectivity index is 1.75. The van der Waals surface area contributed by atoms with Crippen molar-refractivity contribution in [2.24, 2.45) is 5.92 Å². The lowest BCUT2D eigenvalue weighted by atomic mass is 9.79. The van der Waals surface area contributed by atoms with Crippen molar-refractivity contribution in [2.45, 2.75) is 31.0 Å². The van der Waals surface area contributed by atoms with Crippen molar-refractivity contribution < 1.29 is 28.6 Å². The van der Waals surface area contributed by atoms with E-state index in [-0.39, 0.29) is 6.42 Å². The highest BCUT2D eigenvalue weighted by Gasteiger charge is 2.60. The van der Waals surface area contributed by atoms with Crippen molar-refractivity contribution in [3.8, 4) is 11.5 Å². The van der Waals surface area contributed by atoms with Crippen molar-refractivity contribution in [3.05, 3.63) is 47.8 Å². The molecule has 0 saturated carbocycles. The third kappa shape index (κ3) is 3.39. The summed E-state index contributed by atoms with van der Waals surface area (Å²) >= 11 is 0. The predicted molar refractivity (Wildman–Crippen MR) is 112 cm³/mol. The van der Waals surface area contributed by atoms with Crippen LogP contribution in [0.4, 0.5) is 15.8 Å². The van der Waals surface area contributed by atoms with Crippen LogP contribution in [-0.4, -0.2) is 43.3 Å². The number of rotatable bonds is 5. The third-order valence-electron chi connectivity index (χ3n) is 6.00. The largest absolute Gasteiger partial charge is 0.497 e. The average molecular weight is 429 g/mol. The maximum atomic E-state index is 14.1. The Morgan fingerprint density at radius 2 is 2.03 bits per heavy atom. The summed E-state index contributed by atoms with van der Waals surface area (Å²) in [5, 5.41) is 18.9. The molecule has 0 aliphatic carbocycles. The number of amides is 2. The van der Waals surface area contributed by atoms with Crippen molar-refractivity contribution in [3.63, 3.8) is 0 Å². The van der Waals surface area contributed by atoms with Crippen LogP contribution in [0.3, 0.4) is 0 Å². The molecular weight excluding hydrogens is 405 g/mol. The summed E-state index contributed by atoms with van der Waals surface area (Å²) in [6, 6.07) is 8.38. The number of hydrogen-bond acceptors (Lipinski definition) is 6. The average Bonchev–Trinajstić information content (AvgIpc) is 3.28. The Morgan fingerprint density at radius 3 is 2.71 bits per heavy atom. The Morgan fingerprint density at radius 1 is 1.26 bits per heavy atom. The van der Waals surface area contributed by atoms with Gasteiger partial charge in [0.2, 0.25) is 11.8 Å². The first-order valence-electron chi connectivity index (χ1n) is 9.90. The normalized spacial score (nSPS) is 25.1. The van der Waals surface area contributed by atoms with Gasteiger partial charge in [0.15, 0.2) is 0 Å². The maximum absolute atomic E-state index is 14.1. The van der Waals surface area contributed by atoms with E-state index in [9.17, 15) is 19.1 Å². The van der Waals surface area contributed by atoms with Crippen LogP contribution in [-0.2, 0) is 15.1 Å². The van der Waals surface area contributed by atoms with Gasteiger partial charge >= 0.3 is 0 Å². The molecule has 0 unspecified atom stereocenters. The Bertz CT molecular complexity index is 1040. The van der Waals surface area contributed by atoms with Crippen LogP contribution < -0.4 is 25.4 Å². The molecule has 0 aromatic heterocycles. The van der Waals surface area contributed by atoms with Crippen LogP contribution in [0, 0.1) is 11.7 Å². The molecule has 0 bridgehead atoms. The van der Waals surface area contributed by atoms with Gasteiger partial charge in [0.05, 0.1) is 31.9 Å². The number of methoxy groups -OCH3 is 2. The first-order valence-corrected chi connectivity index (χ1v) is 9.90. The Hall–Kier alpha value is -3.17. The molecule has 2 amide bonds. The second-order valence-corrected chi connectivity index (χ2v) is 7.79. The molecule has 2 aromatic carbocycles. The summed E-state index contributed by atoms with van der Waals surface area (Å²) < 4.78 is 24.6. The molecular formula is C22H24FN3O5. The van der Waals surface area contributed by atoms with E-state index in [1.54, 1.807) is 25.1 Å². The first kappa shape index (κ1) is 21.1. The van der Waals surface area contributed by atoms with E-state index in [0.717, 1.165) is 0 Å². The summed E-state index contributed by atoms with van der Waals surface area (Å²) in [6.07, 6.45) is -0.648. The quantitative estimate of drug-likeness (QED) is 0.579. The number of anilines is 2. The molecule has 2 aliphatic rings. The zero-order valence-corrected chi connectivity index (χ0v) is 17.4. The van der Waals surface area contributed by atoms with Gasteiger partial charge in [0.1, 0.15) is 22.9 Å². The molecule has 31 heavy (non-hydrogen) atoms. The Labute approximate surface area is 178 Å². The standard InChI is InChI=1S/C22H24FN3O5/c1-11(27)17-10-15(20(28)24-18-9-13(30-2)5-7-19(18)31-3)22(26-17)14-8-12(23)4-6-16(14)25-21(22)29/h4-9,11,15,17,26-27H,10H2,1-3H3,(H,24,28)(H,25,29)/t11-,15+,17+,22-/m0/s1. The minimum Gasteiger partial charge on any atom is -0.497 e. The summed E-state index contributed by atoms with van der Waals surface area (Å²) in [5.41, 5.74) is -0.351. The number of ether oxygens (including phenoxy) is 2. The van der Waals surface area contributed by atoms with E-state index in [0.29, 0.717) is 28.4 Å². The fourth-order valence-corrected chi connectivity index (χ4v) is 4.42. The van der Waals surface area contributed by atoms with Gasteiger partial charge in [-0.15, -0.1) is 0 Å². The molecule has 2 aromatic rings. The van der Waals surface area contributed by atoms with Crippen molar-refractivity contribution >= 4 is 23.2 Å². The predicted octanol–water partition coefficient (Wildman–Crippen LogP) is 1.99. The monoisotopic (exact) mass is 429 g/mol. The van der Waals surface area contributed by atoms with Gasteiger partial charge < -0.3 is 25.2 Å². The van der Waals surface area contributed by atoms with Gasteiger partial charge in [0.25, 0.3) is 0 Å². The van der Waals surface area contributed by atoms with Crippen LogP contribution >= 0.6 is 0 Å². The summed E-state index contributed by atoms with van der Waals surface area (Å²) in [4.78, 5) is 26.6. The number of benzene rings is 2. The zero-order chi connectivity index (χ0) is 22.3. The van der Waals surface area contributed by atoms with Gasteiger partial charge in [-0.1, -0.05) is 0 Å². The lowest BCUT2D eigenvalue weighted by Gasteiger charge is -2.29. The van der Waals surface area contributed by atoms with Crippen molar-refractivity contribution in [1.29, 1.82) is 0 Å². The van der Waals surface area contributed by atoms with Crippen LogP contribution in [0.25, 0.3) is 0 Å². The topological polar surface area (TPSA) is 109 Å². The summed E-state index contributed by atoms with van der Waals surface area (Å²) in [7, 11) is 2.98. The number of carbonyl (C=O) groups excluding carboxylic acids is 2. The minimum atomic E-state index is -1.50. The highest BCUT2D eigenvalue weighted by atomic mass is 19.1. The molecule has 1 spiro atoms. The first-order chi connectivity index (χ1) is 14.8. The lowest BCUT2D eigenvalue weighted by Crippen LogP contribution is -2.53. The summed E-state index contributed by atoms with van der Waals surface area (Å²) in [6.45, 7) is 1.58. The number of hydrogen-bond donors (Lipinski definition) is 4. The molecule has 0 radical (unpaired) electrons. The number of aliphatic hydroxyl groups excluding tert-OH is 1. The van der Waals surface area contributed by atoms with Gasteiger partial charge in [-0.25, -0.2) is 4.39 Å².